The van der Waals surface area contributed by atoms with Crippen molar-refractivity contribution in [2.24, 2.45) is 0 Å². The molecule has 18 heavy (non-hydrogen) atoms. The van der Waals surface area contributed by atoms with Crippen molar-refractivity contribution in [1.82, 2.24) is 9.78 Å². The van der Waals surface area contributed by atoms with E-state index in [0.29, 0.717) is 6.04 Å². The van der Waals surface area contributed by atoms with Gasteiger partial charge in [-0.05, 0) is 36.0 Å². The summed E-state index contributed by atoms with van der Waals surface area (Å²) in [5.41, 5.74) is 2.41. The summed E-state index contributed by atoms with van der Waals surface area (Å²) in [7, 11) is 1.72. The van der Waals surface area contributed by atoms with E-state index >= 15 is 0 Å². The first-order chi connectivity index (χ1) is 8.49. The minimum atomic E-state index is 0.128. The predicted molar refractivity (Wildman–Crippen MR) is 73.3 cm³/mol. The topological polar surface area (TPSA) is 27.1 Å². The van der Waals surface area contributed by atoms with Gasteiger partial charge in [0, 0.05) is 11.6 Å². The molecule has 2 aromatic rings. The third-order valence-corrected chi connectivity index (χ3v) is 3.60. The molecule has 96 valence electrons. The Morgan fingerprint density at radius 3 is 2.56 bits per heavy atom. The summed E-state index contributed by atoms with van der Waals surface area (Å²) < 4.78 is 7.60. The van der Waals surface area contributed by atoms with Gasteiger partial charge in [-0.3, -0.25) is 4.68 Å². The highest BCUT2D eigenvalue weighted by molar-refractivity contribution is 5.85. The minimum absolute atomic E-state index is 0.128. The van der Waals surface area contributed by atoms with Gasteiger partial charge in [-0.2, -0.15) is 5.10 Å². The average molecular weight is 244 g/mol. The normalized spacial score (nSPS) is 16.2. The molecular weight excluding hydrogens is 224 g/mol. The molecule has 1 fully saturated rings. The Labute approximate surface area is 108 Å². The van der Waals surface area contributed by atoms with E-state index in [2.05, 4.69) is 48.9 Å². The first-order valence-electron chi connectivity index (χ1n) is 6.56. The molecule has 1 aromatic carbocycles. The highest BCUT2D eigenvalue weighted by atomic mass is 16.5. The molecule has 1 saturated carbocycles. The predicted octanol–water partition coefficient (Wildman–Crippen LogP) is 3.68. The molecule has 0 radical (unpaired) electrons. The Balaban J connectivity index is 2.19. The van der Waals surface area contributed by atoms with Crippen molar-refractivity contribution >= 4 is 10.9 Å². The van der Waals surface area contributed by atoms with E-state index in [1.54, 1.807) is 7.11 Å². The number of nitrogens with zero attached hydrogens (tertiary/aromatic N) is 2. The quantitative estimate of drug-likeness (QED) is 0.805. The molecule has 3 heteroatoms. The van der Waals surface area contributed by atoms with Crippen LogP contribution in [0.15, 0.2) is 18.3 Å². The fourth-order valence-electron chi connectivity index (χ4n) is 2.24. The average Bonchev–Trinajstić information content (AvgIpc) is 3.06. The third kappa shape index (κ3) is 1.88. The Morgan fingerprint density at radius 1 is 1.28 bits per heavy atom. The van der Waals surface area contributed by atoms with Crippen LogP contribution >= 0.6 is 0 Å². The summed E-state index contributed by atoms with van der Waals surface area (Å²) in [6.07, 6.45) is 4.66. The van der Waals surface area contributed by atoms with Crippen LogP contribution in [0.2, 0.25) is 0 Å². The van der Waals surface area contributed by atoms with Crippen LogP contribution in [0.5, 0.6) is 5.75 Å². The van der Waals surface area contributed by atoms with Crippen LogP contribution in [0.4, 0.5) is 0 Å². The number of rotatable bonds is 2. The Morgan fingerprint density at radius 2 is 2.00 bits per heavy atom. The highest BCUT2D eigenvalue weighted by Crippen LogP contribution is 2.38. The lowest BCUT2D eigenvalue weighted by molar-refractivity contribution is 0.416. The van der Waals surface area contributed by atoms with Crippen molar-refractivity contribution in [2.45, 2.75) is 45.1 Å². The Hall–Kier alpha value is -1.51. The number of methoxy groups -OCH3 is 1. The molecule has 1 aliphatic rings. The maximum Gasteiger partial charge on any atom is 0.147 e. The van der Waals surface area contributed by atoms with Gasteiger partial charge in [0.05, 0.1) is 13.2 Å². The molecule has 0 spiro atoms. The van der Waals surface area contributed by atoms with Gasteiger partial charge in [-0.25, -0.2) is 0 Å². The van der Waals surface area contributed by atoms with E-state index in [-0.39, 0.29) is 5.41 Å². The smallest absolute Gasteiger partial charge is 0.147 e. The van der Waals surface area contributed by atoms with E-state index in [1.165, 1.54) is 23.8 Å². The highest BCUT2D eigenvalue weighted by Gasteiger charge is 2.26. The number of fused-ring (bicyclic) bond motifs is 1. The zero-order chi connectivity index (χ0) is 12.9. The molecule has 0 N–H and O–H groups in total. The molecule has 0 atom stereocenters. The summed E-state index contributed by atoms with van der Waals surface area (Å²) >= 11 is 0. The SMILES string of the molecule is COc1cc(C(C)(C)C)cc2cn(C3CC3)nc12. The molecule has 0 aliphatic heterocycles. The van der Waals surface area contributed by atoms with Crippen molar-refractivity contribution in [3.8, 4) is 5.75 Å². The van der Waals surface area contributed by atoms with Crippen LogP contribution in [-0.2, 0) is 5.41 Å². The molecule has 3 rings (SSSR count). The Bertz CT molecular complexity index is 588. The second-order valence-electron chi connectivity index (χ2n) is 6.21. The van der Waals surface area contributed by atoms with Crippen LogP contribution < -0.4 is 4.74 Å². The molecule has 1 heterocycles. The maximum absolute atomic E-state index is 5.50. The van der Waals surface area contributed by atoms with E-state index < -0.39 is 0 Å². The largest absolute Gasteiger partial charge is 0.494 e. The fraction of sp³-hybridized carbons (Fsp3) is 0.533. The van der Waals surface area contributed by atoms with E-state index in [0.717, 1.165) is 11.3 Å². The van der Waals surface area contributed by atoms with Gasteiger partial charge in [-0.1, -0.05) is 20.8 Å². The zero-order valence-corrected chi connectivity index (χ0v) is 11.5. The molecule has 0 saturated heterocycles. The lowest BCUT2D eigenvalue weighted by atomic mass is 9.86. The van der Waals surface area contributed by atoms with E-state index in [9.17, 15) is 0 Å². The number of ether oxygens (including phenoxy) is 1. The maximum atomic E-state index is 5.50. The third-order valence-electron chi connectivity index (χ3n) is 3.60. The number of benzene rings is 1. The van der Waals surface area contributed by atoms with Gasteiger partial charge in [0.15, 0.2) is 0 Å². The standard InChI is InChI=1S/C15H20N2O/c1-15(2,3)11-7-10-9-17(12-5-6-12)16-14(10)13(8-11)18-4/h7-9,12H,5-6H2,1-4H3. The van der Waals surface area contributed by atoms with Gasteiger partial charge >= 0.3 is 0 Å². The van der Waals surface area contributed by atoms with Gasteiger partial charge in [0.25, 0.3) is 0 Å². The number of aromatic nitrogens is 2. The lowest BCUT2D eigenvalue weighted by Gasteiger charge is -2.19. The fourth-order valence-corrected chi connectivity index (χ4v) is 2.24. The molecule has 1 aliphatic carbocycles. The van der Waals surface area contributed by atoms with Crippen LogP contribution in [0.3, 0.4) is 0 Å². The van der Waals surface area contributed by atoms with Crippen LogP contribution in [0, 0.1) is 0 Å². The van der Waals surface area contributed by atoms with Crippen LogP contribution in [0.1, 0.15) is 45.2 Å². The van der Waals surface area contributed by atoms with Gasteiger partial charge < -0.3 is 4.74 Å². The number of hydrogen-bond donors (Lipinski definition) is 0. The van der Waals surface area contributed by atoms with Gasteiger partial charge in [-0.15, -0.1) is 0 Å². The number of hydrogen-bond acceptors (Lipinski definition) is 2. The summed E-state index contributed by atoms with van der Waals surface area (Å²) in [6.45, 7) is 6.66. The second-order valence-corrected chi connectivity index (χ2v) is 6.21. The van der Waals surface area contributed by atoms with Crippen molar-refractivity contribution < 1.29 is 4.74 Å². The first kappa shape index (κ1) is 11.6. The van der Waals surface area contributed by atoms with E-state index in [4.69, 9.17) is 4.74 Å². The molecule has 0 bridgehead atoms. The Kier molecular flexibility index (Phi) is 2.40. The molecule has 0 amide bonds. The molecule has 3 nitrogen and oxygen atoms in total. The van der Waals surface area contributed by atoms with Crippen LogP contribution in [-0.4, -0.2) is 16.9 Å². The van der Waals surface area contributed by atoms with Crippen molar-refractivity contribution in [1.29, 1.82) is 0 Å². The van der Waals surface area contributed by atoms with Gasteiger partial charge in [0.1, 0.15) is 11.3 Å². The van der Waals surface area contributed by atoms with Crippen molar-refractivity contribution in [3.05, 3.63) is 23.9 Å². The summed E-state index contributed by atoms with van der Waals surface area (Å²) in [5, 5.41) is 5.85. The minimum Gasteiger partial charge on any atom is -0.494 e. The molecule has 1 aromatic heterocycles. The van der Waals surface area contributed by atoms with Crippen molar-refractivity contribution in [2.75, 3.05) is 7.11 Å². The van der Waals surface area contributed by atoms with Crippen LogP contribution in [0.25, 0.3) is 10.9 Å². The van der Waals surface area contributed by atoms with E-state index in [1.807, 2.05) is 0 Å². The monoisotopic (exact) mass is 244 g/mol. The summed E-state index contributed by atoms with van der Waals surface area (Å²) in [5.74, 6) is 0.886. The first-order valence-corrected chi connectivity index (χ1v) is 6.56. The lowest BCUT2D eigenvalue weighted by Crippen LogP contribution is -2.11. The van der Waals surface area contributed by atoms with Crippen molar-refractivity contribution in [3.63, 3.8) is 0 Å². The second kappa shape index (κ2) is 3.74. The molecular formula is C15H20N2O. The summed E-state index contributed by atoms with van der Waals surface area (Å²) in [6, 6.07) is 4.97. The molecule has 0 unspecified atom stereocenters. The van der Waals surface area contributed by atoms with Gasteiger partial charge in [0.2, 0.25) is 0 Å². The summed E-state index contributed by atoms with van der Waals surface area (Å²) in [4.78, 5) is 0. The zero-order valence-electron chi connectivity index (χ0n) is 11.5.